The molecule has 4 rings (SSSR count). The first-order valence-corrected chi connectivity index (χ1v) is 17.8. The molecule has 0 unspecified atom stereocenters. The Hall–Kier alpha value is -3.75. The van der Waals surface area contributed by atoms with Gasteiger partial charge in [-0.15, -0.1) is 5.54 Å². The third-order valence-corrected chi connectivity index (χ3v) is 13.5. The van der Waals surface area contributed by atoms with Crippen LogP contribution in [-0.4, -0.2) is 53.6 Å². The number of aliphatic carboxylic acids is 1. The van der Waals surface area contributed by atoms with Crippen LogP contribution in [0.2, 0.25) is 18.1 Å². The summed E-state index contributed by atoms with van der Waals surface area (Å²) in [7, 11) is -1.97. The van der Waals surface area contributed by atoms with E-state index in [1.54, 1.807) is 0 Å². The van der Waals surface area contributed by atoms with Gasteiger partial charge in [0.25, 0.3) is 5.56 Å². The van der Waals surface area contributed by atoms with Crippen molar-refractivity contribution in [1.29, 1.82) is 0 Å². The maximum absolute atomic E-state index is 13.0. The second-order valence-electron chi connectivity index (χ2n) is 11.4. The van der Waals surface area contributed by atoms with Gasteiger partial charge >= 0.3 is 11.7 Å². The lowest BCUT2D eigenvalue weighted by Crippen LogP contribution is -2.50. The number of H-pyrrole nitrogens is 1. The van der Waals surface area contributed by atoms with Gasteiger partial charge in [-0.25, -0.2) is 9.59 Å². The summed E-state index contributed by atoms with van der Waals surface area (Å²) in [5.41, 5.74) is 3.06. The zero-order valence-electron chi connectivity index (χ0n) is 25.9. The Morgan fingerprint density at radius 2 is 1.64 bits per heavy atom. The maximum atomic E-state index is 13.0. The molecule has 1 saturated heterocycles. The molecular formula is C34H42N2O7Si. The number of aromatic amines is 1. The number of benzene rings is 2. The predicted octanol–water partition coefficient (Wildman–Crippen LogP) is 4.71. The van der Waals surface area contributed by atoms with Gasteiger partial charge in [-0.2, -0.15) is 0 Å². The van der Waals surface area contributed by atoms with Gasteiger partial charge in [0.1, 0.15) is 20.2 Å². The van der Waals surface area contributed by atoms with Crippen LogP contribution in [0.1, 0.15) is 43.5 Å². The van der Waals surface area contributed by atoms with Crippen molar-refractivity contribution in [1.82, 2.24) is 9.55 Å². The number of hydrogen-bond acceptors (Lipinski definition) is 6. The van der Waals surface area contributed by atoms with E-state index >= 15 is 0 Å². The molecule has 2 heterocycles. The summed E-state index contributed by atoms with van der Waals surface area (Å²) in [4.78, 5) is 40.2. The summed E-state index contributed by atoms with van der Waals surface area (Å²) in [6.07, 6.45) is 0.415. The van der Waals surface area contributed by atoms with Crippen LogP contribution in [0, 0.1) is 24.3 Å². The standard InChI is InChI=1S/C34H42N2O7Si/c1-5-44(6-2,7-3)19-18-34(24-41-21-26-14-10-8-11-15-26)30(42-22-27-16-12-9-13-17-27)28(23-43-34)29(32(38)39)36-20-25(4)31(37)35-33(36)40/h8-17,20,28-30H,5-7,21-24H2,1-4H3,(H,38,39)(H,35,37,40)/t28-,29+,30-,34+/m0/s1. The number of aryl methyl sites for hydroxylation is 1. The van der Waals surface area contributed by atoms with Crippen molar-refractivity contribution >= 4 is 14.0 Å². The maximum Gasteiger partial charge on any atom is 0.329 e. The number of carboxylic acids is 1. The molecule has 1 aliphatic rings. The first-order valence-electron chi connectivity index (χ1n) is 15.2. The number of aromatic nitrogens is 2. The van der Waals surface area contributed by atoms with Crippen LogP contribution >= 0.6 is 0 Å². The largest absolute Gasteiger partial charge is 0.480 e. The SMILES string of the molecule is CC[Si](C#C[C@]1(COCc2ccccc2)OC[C@@H]([C@H](C(=O)O)n2cc(C)c(=O)[nH]c2=O)[C@@H]1OCc1ccccc1)(CC)CC. The van der Waals surface area contributed by atoms with Crippen LogP contribution in [0.15, 0.2) is 76.4 Å². The van der Waals surface area contributed by atoms with Crippen molar-refractivity contribution in [2.75, 3.05) is 13.2 Å². The Kier molecular flexibility index (Phi) is 11.2. The Balaban J connectivity index is 1.82. The van der Waals surface area contributed by atoms with E-state index in [4.69, 9.17) is 14.2 Å². The fourth-order valence-corrected chi connectivity index (χ4v) is 8.26. The van der Waals surface area contributed by atoms with Gasteiger partial charge in [0.2, 0.25) is 0 Å². The molecule has 0 aliphatic carbocycles. The summed E-state index contributed by atoms with van der Waals surface area (Å²) in [6.45, 7) is 8.51. The molecule has 4 atom stereocenters. The molecule has 0 amide bonds. The average molecular weight is 619 g/mol. The molecule has 44 heavy (non-hydrogen) atoms. The minimum atomic E-state index is -1.97. The lowest BCUT2D eigenvalue weighted by Gasteiger charge is -2.34. The molecule has 1 fully saturated rings. The molecule has 234 valence electrons. The second kappa shape index (κ2) is 14.8. The summed E-state index contributed by atoms with van der Waals surface area (Å²) < 4.78 is 20.4. The molecular weight excluding hydrogens is 576 g/mol. The first kappa shape index (κ1) is 33.1. The number of nitrogens with zero attached hydrogens (tertiary/aromatic N) is 1. The lowest BCUT2D eigenvalue weighted by molar-refractivity contribution is -0.145. The number of nitrogens with one attached hydrogen (secondary N) is 1. The Morgan fingerprint density at radius 1 is 1.05 bits per heavy atom. The average Bonchev–Trinajstić information content (AvgIpc) is 3.38. The molecule has 1 aliphatic heterocycles. The summed E-state index contributed by atoms with van der Waals surface area (Å²) >= 11 is 0. The van der Waals surface area contributed by atoms with Crippen molar-refractivity contribution in [3.63, 3.8) is 0 Å². The topological polar surface area (TPSA) is 120 Å². The zero-order chi connectivity index (χ0) is 31.7. The molecule has 0 saturated carbocycles. The molecule has 2 N–H and O–H groups in total. The van der Waals surface area contributed by atoms with Crippen molar-refractivity contribution < 1.29 is 24.1 Å². The van der Waals surface area contributed by atoms with E-state index in [1.807, 2.05) is 60.7 Å². The summed E-state index contributed by atoms with van der Waals surface area (Å²) in [6, 6.07) is 20.8. The minimum Gasteiger partial charge on any atom is -0.480 e. The van der Waals surface area contributed by atoms with Crippen molar-refractivity contribution in [2.45, 2.75) is 76.8 Å². The third kappa shape index (κ3) is 7.48. The van der Waals surface area contributed by atoms with Crippen LogP contribution in [0.3, 0.4) is 0 Å². The molecule has 1 aromatic heterocycles. The van der Waals surface area contributed by atoms with E-state index < -0.39 is 49.0 Å². The van der Waals surface area contributed by atoms with E-state index in [-0.39, 0.29) is 25.4 Å². The summed E-state index contributed by atoms with van der Waals surface area (Å²) in [5.74, 6) is 1.41. The van der Waals surface area contributed by atoms with Gasteiger partial charge in [-0.3, -0.25) is 14.3 Å². The van der Waals surface area contributed by atoms with E-state index in [9.17, 15) is 19.5 Å². The molecule has 10 heteroatoms. The van der Waals surface area contributed by atoms with Gasteiger partial charge in [0.15, 0.2) is 5.60 Å². The zero-order valence-corrected chi connectivity index (χ0v) is 26.9. The van der Waals surface area contributed by atoms with E-state index in [1.165, 1.54) is 13.1 Å². The number of carbonyl (C=O) groups is 1. The second-order valence-corrected chi connectivity index (χ2v) is 16.3. The predicted molar refractivity (Wildman–Crippen MR) is 171 cm³/mol. The minimum absolute atomic E-state index is 0.0383. The van der Waals surface area contributed by atoms with Gasteiger partial charge in [-0.1, -0.05) is 87.4 Å². The van der Waals surface area contributed by atoms with E-state index in [2.05, 4.69) is 37.2 Å². The van der Waals surface area contributed by atoms with Crippen LogP contribution in [0.4, 0.5) is 0 Å². The molecule has 2 aromatic carbocycles. The fraction of sp³-hybridized carbons (Fsp3) is 0.441. The smallest absolute Gasteiger partial charge is 0.329 e. The number of rotatable bonds is 13. The first-order chi connectivity index (χ1) is 21.2. The highest BCUT2D eigenvalue weighted by molar-refractivity contribution is 6.87. The van der Waals surface area contributed by atoms with Gasteiger partial charge < -0.3 is 19.3 Å². The summed E-state index contributed by atoms with van der Waals surface area (Å²) in [5, 5.41) is 10.5. The van der Waals surface area contributed by atoms with Crippen molar-refractivity contribution in [2.24, 2.45) is 5.92 Å². The lowest BCUT2D eigenvalue weighted by atomic mass is 9.86. The van der Waals surface area contributed by atoms with E-state index in [0.29, 0.717) is 6.61 Å². The van der Waals surface area contributed by atoms with Crippen LogP contribution in [-0.2, 0) is 32.2 Å². The number of carboxylic acid groups (broad SMARTS) is 1. The Labute approximate surface area is 259 Å². The molecule has 9 nitrogen and oxygen atoms in total. The monoisotopic (exact) mass is 618 g/mol. The highest BCUT2D eigenvalue weighted by Crippen LogP contribution is 2.40. The fourth-order valence-electron chi connectivity index (χ4n) is 5.75. The van der Waals surface area contributed by atoms with Gasteiger partial charge in [0, 0.05) is 17.7 Å². The number of hydrogen-bond donors (Lipinski definition) is 2. The highest BCUT2D eigenvalue weighted by Gasteiger charge is 2.55. The van der Waals surface area contributed by atoms with Crippen LogP contribution < -0.4 is 11.2 Å². The van der Waals surface area contributed by atoms with Gasteiger partial charge in [-0.05, 0) is 36.2 Å². The molecule has 0 radical (unpaired) electrons. The third-order valence-electron chi connectivity index (χ3n) is 8.76. The number of ether oxygens (including phenoxy) is 3. The van der Waals surface area contributed by atoms with Crippen LogP contribution in [0.25, 0.3) is 0 Å². The highest BCUT2D eigenvalue weighted by atomic mass is 28.3. The Morgan fingerprint density at radius 3 is 2.20 bits per heavy atom. The molecule has 0 spiro atoms. The van der Waals surface area contributed by atoms with Crippen molar-refractivity contribution in [3.8, 4) is 11.5 Å². The Bertz CT molecular complexity index is 1570. The van der Waals surface area contributed by atoms with E-state index in [0.717, 1.165) is 33.8 Å². The van der Waals surface area contributed by atoms with Crippen molar-refractivity contribution in [3.05, 3.63) is 104 Å². The normalized spacial score (nSPS) is 20.5. The quantitative estimate of drug-likeness (QED) is 0.210. The molecule has 0 bridgehead atoms. The molecule has 3 aromatic rings. The van der Waals surface area contributed by atoms with Gasteiger partial charge in [0.05, 0.1) is 26.4 Å². The van der Waals surface area contributed by atoms with Crippen LogP contribution in [0.5, 0.6) is 0 Å².